The largest absolute Gasteiger partial charge is 0.465 e. The van der Waals surface area contributed by atoms with Crippen molar-refractivity contribution in [2.45, 2.75) is 31.8 Å². The number of ether oxygens (including phenoxy) is 1. The van der Waals surface area contributed by atoms with Gasteiger partial charge < -0.3 is 10.1 Å². The van der Waals surface area contributed by atoms with Gasteiger partial charge in [-0.1, -0.05) is 25.6 Å². The Bertz CT molecular complexity index is 798. The van der Waals surface area contributed by atoms with Crippen molar-refractivity contribution in [1.29, 1.82) is 0 Å². The Morgan fingerprint density at radius 1 is 1.42 bits per heavy atom. The number of hydrogen-bond donors (Lipinski definition) is 2. The number of carbonyl (C=O) groups is 2. The Labute approximate surface area is 142 Å². The van der Waals surface area contributed by atoms with E-state index >= 15 is 0 Å². The number of esters is 1. The fourth-order valence-corrected chi connectivity index (χ4v) is 2.79. The Balaban J connectivity index is 2.07. The van der Waals surface area contributed by atoms with Crippen LogP contribution in [0.2, 0.25) is 0 Å². The zero-order valence-electron chi connectivity index (χ0n) is 13.7. The van der Waals surface area contributed by atoms with Crippen molar-refractivity contribution < 1.29 is 14.3 Å². The standard InChI is InChI=1S/C14H19N5O4S/c1-4-23-12(22)6-15-11(21)7-24-14-18-17-13-16-10(20)5-9(8(2)3)19(13)14/h5,8H,4,6-7H2,1-3H3,(H,15,21)(H,16,17,20). The molecule has 130 valence electrons. The van der Waals surface area contributed by atoms with Crippen molar-refractivity contribution in [3.05, 3.63) is 22.1 Å². The summed E-state index contributed by atoms with van der Waals surface area (Å²) < 4.78 is 6.45. The molecule has 2 aromatic rings. The molecule has 0 radical (unpaired) electrons. The van der Waals surface area contributed by atoms with E-state index in [9.17, 15) is 14.4 Å². The number of thioether (sulfide) groups is 1. The molecule has 0 aliphatic rings. The summed E-state index contributed by atoms with van der Waals surface area (Å²) in [6.07, 6.45) is 0. The molecule has 0 aliphatic carbocycles. The molecule has 1 amide bonds. The molecule has 2 N–H and O–H groups in total. The van der Waals surface area contributed by atoms with Crippen LogP contribution in [0, 0.1) is 0 Å². The number of fused-ring (bicyclic) bond motifs is 1. The van der Waals surface area contributed by atoms with Crippen LogP contribution in [0.4, 0.5) is 0 Å². The van der Waals surface area contributed by atoms with E-state index in [2.05, 4.69) is 20.5 Å². The first-order valence-corrected chi connectivity index (χ1v) is 8.44. The first-order valence-electron chi connectivity index (χ1n) is 7.45. The fraction of sp³-hybridized carbons (Fsp3) is 0.500. The van der Waals surface area contributed by atoms with E-state index in [0.717, 1.165) is 5.69 Å². The van der Waals surface area contributed by atoms with Gasteiger partial charge in [0.25, 0.3) is 5.56 Å². The van der Waals surface area contributed by atoms with Crippen LogP contribution in [0.5, 0.6) is 0 Å². The molecular weight excluding hydrogens is 334 g/mol. The highest BCUT2D eigenvalue weighted by molar-refractivity contribution is 7.99. The summed E-state index contributed by atoms with van der Waals surface area (Å²) in [6.45, 7) is 5.70. The topological polar surface area (TPSA) is 118 Å². The minimum atomic E-state index is -0.483. The van der Waals surface area contributed by atoms with E-state index in [1.165, 1.54) is 17.8 Å². The maximum Gasteiger partial charge on any atom is 0.325 e. The molecule has 0 bridgehead atoms. The van der Waals surface area contributed by atoms with Gasteiger partial charge in [0.2, 0.25) is 11.7 Å². The molecule has 24 heavy (non-hydrogen) atoms. The zero-order valence-corrected chi connectivity index (χ0v) is 14.5. The smallest absolute Gasteiger partial charge is 0.325 e. The Morgan fingerprint density at radius 3 is 2.83 bits per heavy atom. The zero-order chi connectivity index (χ0) is 17.7. The highest BCUT2D eigenvalue weighted by Crippen LogP contribution is 2.21. The Morgan fingerprint density at radius 2 is 2.17 bits per heavy atom. The minimum Gasteiger partial charge on any atom is -0.465 e. The number of carbonyl (C=O) groups excluding carboxylic acids is 2. The van der Waals surface area contributed by atoms with Gasteiger partial charge in [0.15, 0.2) is 5.16 Å². The summed E-state index contributed by atoms with van der Waals surface area (Å²) in [6, 6.07) is 1.49. The molecule has 10 heteroatoms. The SMILES string of the molecule is CCOC(=O)CNC(=O)CSc1nnc2[nH]c(=O)cc(C(C)C)n12. The monoisotopic (exact) mass is 353 g/mol. The van der Waals surface area contributed by atoms with Gasteiger partial charge in [0.05, 0.1) is 12.4 Å². The number of H-pyrrole nitrogens is 1. The summed E-state index contributed by atoms with van der Waals surface area (Å²) >= 11 is 1.17. The van der Waals surface area contributed by atoms with E-state index in [1.807, 2.05) is 13.8 Å². The Kier molecular flexibility index (Phi) is 5.96. The summed E-state index contributed by atoms with van der Waals surface area (Å²) in [5.41, 5.74) is 0.510. The lowest BCUT2D eigenvalue weighted by Crippen LogP contribution is -2.31. The van der Waals surface area contributed by atoms with Crippen LogP contribution in [-0.4, -0.2) is 50.4 Å². The van der Waals surface area contributed by atoms with Crippen molar-refractivity contribution in [3.63, 3.8) is 0 Å². The summed E-state index contributed by atoms with van der Waals surface area (Å²) in [4.78, 5) is 37.2. The van der Waals surface area contributed by atoms with Gasteiger partial charge in [-0.05, 0) is 12.8 Å². The molecule has 0 atom stereocenters. The van der Waals surface area contributed by atoms with Crippen LogP contribution < -0.4 is 10.9 Å². The molecule has 0 aliphatic heterocycles. The maximum absolute atomic E-state index is 11.8. The molecule has 0 unspecified atom stereocenters. The first-order chi connectivity index (χ1) is 11.4. The highest BCUT2D eigenvalue weighted by Gasteiger charge is 2.15. The average molecular weight is 353 g/mol. The van der Waals surface area contributed by atoms with Gasteiger partial charge in [-0.2, -0.15) is 0 Å². The second kappa shape index (κ2) is 7.95. The summed E-state index contributed by atoms with van der Waals surface area (Å²) in [5.74, 6) is -0.316. The number of aromatic amines is 1. The quantitative estimate of drug-likeness (QED) is 0.543. The van der Waals surface area contributed by atoms with Crippen LogP contribution in [0.3, 0.4) is 0 Å². The third kappa shape index (κ3) is 4.34. The first kappa shape index (κ1) is 18.0. The average Bonchev–Trinajstić information content (AvgIpc) is 2.93. The predicted octanol–water partition coefficient (Wildman–Crippen LogP) is 0.312. The van der Waals surface area contributed by atoms with Crippen molar-refractivity contribution in [3.8, 4) is 0 Å². The number of nitrogens with one attached hydrogen (secondary N) is 2. The number of amides is 1. The van der Waals surface area contributed by atoms with Crippen LogP contribution in [0.1, 0.15) is 32.4 Å². The van der Waals surface area contributed by atoms with Gasteiger partial charge in [-0.15, -0.1) is 10.2 Å². The summed E-state index contributed by atoms with van der Waals surface area (Å²) in [5, 5.41) is 10.9. The van der Waals surface area contributed by atoms with E-state index in [4.69, 9.17) is 4.74 Å². The van der Waals surface area contributed by atoms with Crippen LogP contribution in [0.25, 0.3) is 5.78 Å². The van der Waals surface area contributed by atoms with Gasteiger partial charge in [0.1, 0.15) is 6.54 Å². The van der Waals surface area contributed by atoms with E-state index in [0.29, 0.717) is 10.9 Å². The van der Waals surface area contributed by atoms with Crippen LogP contribution in [-0.2, 0) is 14.3 Å². The van der Waals surface area contributed by atoms with E-state index in [-0.39, 0.29) is 36.3 Å². The van der Waals surface area contributed by atoms with Gasteiger partial charge in [-0.25, -0.2) is 0 Å². The molecule has 0 fully saturated rings. The predicted molar refractivity (Wildman–Crippen MR) is 88.1 cm³/mol. The molecular formula is C14H19N5O4S. The fourth-order valence-electron chi connectivity index (χ4n) is 2.01. The molecule has 2 aromatic heterocycles. The molecule has 2 heterocycles. The lowest BCUT2D eigenvalue weighted by Gasteiger charge is -2.09. The molecule has 2 rings (SSSR count). The molecule has 9 nitrogen and oxygen atoms in total. The number of rotatable bonds is 7. The molecule has 0 saturated heterocycles. The third-order valence-electron chi connectivity index (χ3n) is 3.06. The number of nitrogens with zero attached hydrogens (tertiary/aromatic N) is 3. The highest BCUT2D eigenvalue weighted by atomic mass is 32.2. The van der Waals surface area contributed by atoms with Crippen molar-refractivity contribution in [2.75, 3.05) is 18.9 Å². The number of hydrogen-bond acceptors (Lipinski definition) is 7. The maximum atomic E-state index is 11.8. The van der Waals surface area contributed by atoms with Gasteiger partial charge in [-0.3, -0.25) is 23.8 Å². The Hall–Kier alpha value is -2.36. The van der Waals surface area contributed by atoms with Gasteiger partial charge >= 0.3 is 5.97 Å². The van der Waals surface area contributed by atoms with Crippen LogP contribution in [0.15, 0.2) is 16.0 Å². The molecule has 0 aromatic carbocycles. The lowest BCUT2D eigenvalue weighted by molar-refractivity contribution is -0.143. The van der Waals surface area contributed by atoms with Crippen molar-refractivity contribution >= 4 is 29.4 Å². The summed E-state index contributed by atoms with van der Waals surface area (Å²) in [7, 11) is 0. The van der Waals surface area contributed by atoms with Crippen LogP contribution >= 0.6 is 11.8 Å². The van der Waals surface area contributed by atoms with Crippen molar-refractivity contribution in [1.82, 2.24) is 24.9 Å². The third-order valence-corrected chi connectivity index (χ3v) is 3.99. The molecule has 0 saturated carbocycles. The lowest BCUT2D eigenvalue weighted by atomic mass is 10.1. The minimum absolute atomic E-state index is 0.0663. The van der Waals surface area contributed by atoms with E-state index in [1.54, 1.807) is 11.3 Å². The number of aromatic nitrogens is 4. The van der Waals surface area contributed by atoms with Crippen molar-refractivity contribution in [2.24, 2.45) is 0 Å². The second-order valence-corrected chi connectivity index (χ2v) is 6.17. The van der Waals surface area contributed by atoms with E-state index < -0.39 is 5.97 Å². The normalized spacial score (nSPS) is 11.0. The van der Waals surface area contributed by atoms with Gasteiger partial charge in [0, 0.05) is 11.8 Å². The second-order valence-electron chi connectivity index (χ2n) is 5.23. The molecule has 0 spiro atoms.